The van der Waals surface area contributed by atoms with E-state index in [1.807, 2.05) is 0 Å². The zero-order valence-corrected chi connectivity index (χ0v) is 15.8. The summed E-state index contributed by atoms with van der Waals surface area (Å²) in [5, 5.41) is 12.5. The van der Waals surface area contributed by atoms with Crippen LogP contribution in [0.15, 0.2) is 41.8 Å². The molecule has 5 nitrogen and oxygen atoms in total. The summed E-state index contributed by atoms with van der Waals surface area (Å²) in [6.07, 6.45) is 1.75. The van der Waals surface area contributed by atoms with E-state index < -0.39 is 6.10 Å². The average molecular weight is 375 g/mol. The summed E-state index contributed by atoms with van der Waals surface area (Å²) >= 11 is 1.78. The van der Waals surface area contributed by atoms with Crippen LogP contribution in [0.25, 0.3) is 0 Å². The Labute approximate surface area is 158 Å². The Kier molecular flexibility index (Phi) is 6.66. The van der Waals surface area contributed by atoms with Gasteiger partial charge < -0.3 is 14.6 Å². The van der Waals surface area contributed by atoms with Gasteiger partial charge in [-0.2, -0.15) is 0 Å². The SMILES string of the molecule is CCOC(=O)c1ccc(OCC(O)CN2CCCC2c2cccs2)cc1. The highest BCUT2D eigenvalue weighted by atomic mass is 32.1. The van der Waals surface area contributed by atoms with Crippen molar-refractivity contribution in [3.05, 3.63) is 52.2 Å². The number of benzene rings is 1. The van der Waals surface area contributed by atoms with Crippen molar-refractivity contribution in [3.8, 4) is 5.75 Å². The van der Waals surface area contributed by atoms with Crippen LogP contribution in [0.1, 0.15) is 41.0 Å². The largest absolute Gasteiger partial charge is 0.491 e. The van der Waals surface area contributed by atoms with Gasteiger partial charge in [0.1, 0.15) is 18.5 Å². The Morgan fingerprint density at radius 1 is 1.35 bits per heavy atom. The van der Waals surface area contributed by atoms with E-state index in [4.69, 9.17) is 9.47 Å². The topological polar surface area (TPSA) is 59.0 Å². The van der Waals surface area contributed by atoms with Gasteiger partial charge in [0, 0.05) is 17.5 Å². The van der Waals surface area contributed by atoms with E-state index >= 15 is 0 Å². The molecule has 140 valence electrons. The van der Waals surface area contributed by atoms with E-state index in [1.165, 1.54) is 4.88 Å². The summed E-state index contributed by atoms with van der Waals surface area (Å²) in [5.41, 5.74) is 0.496. The minimum Gasteiger partial charge on any atom is -0.491 e. The number of aliphatic hydroxyl groups is 1. The minimum absolute atomic E-state index is 0.229. The van der Waals surface area contributed by atoms with E-state index in [0.29, 0.717) is 30.5 Å². The number of hydrogen-bond donors (Lipinski definition) is 1. The lowest BCUT2D eigenvalue weighted by Gasteiger charge is -2.26. The number of likely N-dealkylation sites (tertiary alicyclic amines) is 1. The van der Waals surface area contributed by atoms with Crippen LogP contribution in [0.2, 0.25) is 0 Å². The molecule has 0 saturated carbocycles. The first-order valence-corrected chi connectivity index (χ1v) is 9.91. The minimum atomic E-state index is -0.555. The van der Waals surface area contributed by atoms with Crippen LogP contribution in [-0.2, 0) is 4.74 Å². The highest BCUT2D eigenvalue weighted by molar-refractivity contribution is 7.10. The van der Waals surface area contributed by atoms with Gasteiger partial charge in [0.15, 0.2) is 0 Å². The zero-order valence-electron chi connectivity index (χ0n) is 15.0. The van der Waals surface area contributed by atoms with Crippen LogP contribution < -0.4 is 4.74 Å². The third kappa shape index (κ3) is 4.84. The predicted octanol–water partition coefficient (Wildman–Crippen LogP) is 3.50. The summed E-state index contributed by atoms with van der Waals surface area (Å²) in [6.45, 7) is 3.97. The fraction of sp³-hybridized carbons (Fsp3) is 0.450. The monoisotopic (exact) mass is 375 g/mol. The van der Waals surface area contributed by atoms with Gasteiger partial charge in [0.05, 0.1) is 12.2 Å². The van der Waals surface area contributed by atoms with Gasteiger partial charge in [0.2, 0.25) is 0 Å². The predicted molar refractivity (Wildman–Crippen MR) is 102 cm³/mol. The maximum absolute atomic E-state index is 11.6. The van der Waals surface area contributed by atoms with Gasteiger partial charge >= 0.3 is 5.97 Å². The molecule has 2 heterocycles. The first-order chi connectivity index (χ1) is 12.7. The number of carbonyl (C=O) groups is 1. The molecule has 2 unspecified atom stereocenters. The van der Waals surface area contributed by atoms with Gasteiger partial charge in [-0.05, 0) is 62.0 Å². The number of rotatable bonds is 8. The smallest absolute Gasteiger partial charge is 0.338 e. The van der Waals surface area contributed by atoms with Crippen LogP contribution in [0.5, 0.6) is 5.75 Å². The highest BCUT2D eigenvalue weighted by Crippen LogP contribution is 2.34. The summed E-state index contributed by atoms with van der Waals surface area (Å²) < 4.78 is 10.6. The molecule has 3 rings (SSSR count). The Hall–Kier alpha value is -1.89. The molecule has 0 bridgehead atoms. The van der Waals surface area contributed by atoms with Gasteiger partial charge in [-0.25, -0.2) is 4.79 Å². The number of aliphatic hydroxyl groups excluding tert-OH is 1. The number of hydrogen-bond acceptors (Lipinski definition) is 6. The molecule has 2 atom stereocenters. The first-order valence-electron chi connectivity index (χ1n) is 9.03. The van der Waals surface area contributed by atoms with Gasteiger partial charge in [-0.1, -0.05) is 6.07 Å². The molecule has 0 amide bonds. The summed E-state index contributed by atoms with van der Waals surface area (Å²) in [5.74, 6) is 0.293. The number of ether oxygens (including phenoxy) is 2. The second-order valence-electron chi connectivity index (χ2n) is 6.38. The van der Waals surface area contributed by atoms with Crippen LogP contribution >= 0.6 is 11.3 Å². The molecule has 1 saturated heterocycles. The van der Waals surface area contributed by atoms with Crippen molar-refractivity contribution in [1.82, 2.24) is 4.90 Å². The van der Waals surface area contributed by atoms with Crippen molar-refractivity contribution in [2.24, 2.45) is 0 Å². The maximum atomic E-state index is 11.6. The van der Waals surface area contributed by atoms with E-state index in [9.17, 15) is 9.90 Å². The van der Waals surface area contributed by atoms with Crippen molar-refractivity contribution in [1.29, 1.82) is 0 Å². The van der Waals surface area contributed by atoms with Gasteiger partial charge in [0.25, 0.3) is 0 Å². The van der Waals surface area contributed by atoms with Crippen molar-refractivity contribution in [2.75, 3.05) is 26.3 Å². The van der Waals surface area contributed by atoms with Gasteiger partial charge in [-0.3, -0.25) is 4.90 Å². The van der Waals surface area contributed by atoms with Crippen molar-refractivity contribution in [3.63, 3.8) is 0 Å². The van der Waals surface area contributed by atoms with Gasteiger partial charge in [-0.15, -0.1) is 11.3 Å². The summed E-state index contributed by atoms with van der Waals surface area (Å²) in [7, 11) is 0. The molecule has 1 N–H and O–H groups in total. The second kappa shape index (κ2) is 9.16. The first kappa shape index (κ1) is 18.9. The Bertz CT molecular complexity index is 686. The lowest BCUT2D eigenvalue weighted by atomic mass is 10.2. The molecule has 0 radical (unpaired) electrons. The lowest BCUT2D eigenvalue weighted by molar-refractivity contribution is 0.0525. The van der Waals surface area contributed by atoms with Crippen molar-refractivity contribution in [2.45, 2.75) is 31.9 Å². The molecule has 2 aromatic rings. The molecule has 1 aromatic heterocycles. The van der Waals surface area contributed by atoms with Crippen LogP contribution in [0.4, 0.5) is 0 Å². The molecule has 1 aromatic carbocycles. The highest BCUT2D eigenvalue weighted by Gasteiger charge is 2.28. The fourth-order valence-electron chi connectivity index (χ4n) is 3.27. The maximum Gasteiger partial charge on any atom is 0.338 e. The number of β-amino-alcohol motifs (C(OH)–C–C–N with tert-alkyl or cyclic N) is 1. The van der Waals surface area contributed by atoms with E-state index in [1.54, 1.807) is 42.5 Å². The standard InChI is InChI=1S/C20H25NO4S/c1-2-24-20(23)15-7-9-17(10-8-15)25-14-16(22)13-21-11-3-5-18(21)19-6-4-12-26-19/h4,6-10,12,16,18,22H,2-3,5,11,13-14H2,1H3. The van der Waals surface area contributed by atoms with E-state index in [2.05, 4.69) is 22.4 Å². The molecular weight excluding hydrogens is 350 g/mol. The third-order valence-electron chi connectivity index (χ3n) is 4.49. The number of thiophene rings is 1. The molecular formula is C20H25NO4S. The number of esters is 1. The quantitative estimate of drug-likeness (QED) is 0.716. The lowest BCUT2D eigenvalue weighted by Crippen LogP contribution is -2.35. The fourth-order valence-corrected chi connectivity index (χ4v) is 4.16. The molecule has 1 fully saturated rings. The summed E-state index contributed by atoms with van der Waals surface area (Å²) in [6, 6.07) is 11.5. The zero-order chi connectivity index (χ0) is 18.4. The van der Waals surface area contributed by atoms with Crippen molar-refractivity contribution >= 4 is 17.3 Å². The molecule has 1 aliphatic rings. The molecule has 6 heteroatoms. The van der Waals surface area contributed by atoms with Crippen LogP contribution in [0, 0.1) is 0 Å². The molecule has 26 heavy (non-hydrogen) atoms. The van der Waals surface area contributed by atoms with Crippen LogP contribution in [-0.4, -0.2) is 48.4 Å². The normalized spacial score (nSPS) is 18.6. The average Bonchev–Trinajstić information content (AvgIpc) is 3.32. The van der Waals surface area contributed by atoms with Crippen LogP contribution in [0.3, 0.4) is 0 Å². The van der Waals surface area contributed by atoms with Crippen molar-refractivity contribution < 1.29 is 19.4 Å². The Balaban J connectivity index is 1.48. The second-order valence-corrected chi connectivity index (χ2v) is 7.36. The molecule has 1 aliphatic heterocycles. The summed E-state index contributed by atoms with van der Waals surface area (Å²) in [4.78, 5) is 15.3. The number of nitrogens with zero attached hydrogens (tertiary/aromatic N) is 1. The Morgan fingerprint density at radius 3 is 2.85 bits per heavy atom. The molecule has 0 aliphatic carbocycles. The number of carbonyl (C=O) groups excluding carboxylic acids is 1. The molecule has 0 spiro atoms. The van der Waals surface area contributed by atoms with E-state index in [0.717, 1.165) is 19.4 Å². The van der Waals surface area contributed by atoms with E-state index in [-0.39, 0.29) is 12.6 Å². The third-order valence-corrected chi connectivity index (χ3v) is 5.46. The Morgan fingerprint density at radius 2 is 2.15 bits per heavy atom.